The van der Waals surface area contributed by atoms with Crippen LogP contribution in [0.5, 0.6) is 5.75 Å². The van der Waals surface area contributed by atoms with Crippen LogP contribution in [0.3, 0.4) is 0 Å². The lowest BCUT2D eigenvalue weighted by atomic mass is 10.1. The lowest BCUT2D eigenvalue weighted by molar-refractivity contribution is -0.112. The van der Waals surface area contributed by atoms with Crippen molar-refractivity contribution >= 4 is 73.9 Å². The van der Waals surface area contributed by atoms with Gasteiger partial charge >= 0.3 is 0 Å². The van der Waals surface area contributed by atoms with Crippen molar-refractivity contribution in [1.29, 1.82) is 0 Å². The fourth-order valence-corrected chi connectivity index (χ4v) is 5.03. The summed E-state index contributed by atoms with van der Waals surface area (Å²) in [7, 11) is 1.52. The van der Waals surface area contributed by atoms with Gasteiger partial charge in [0.25, 0.3) is 11.7 Å². The molecule has 0 aliphatic carbocycles. The SMILES string of the molecule is COc1ccc2c(c1)c(C(=O)C(=O)Nc1nc(C)c(C)s1)c(Cl)n2Cc1ccc(Cl)cc1Cl. The summed E-state index contributed by atoms with van der Waals surface area (Å²) < 4.78 is 7.05. The highest BCUT2D eigenvalue weighted by atomic mass is 35.5. The van der Waals surface area contributed by atoms with Gasteiger partial charge in [0.1, 0.15) is 10.9 Å². The number of rotatable bonds is 6. The third kappa shape index (κ3) is 4.59. The lowest BCUT2D eigenvalue weighted by Gasteiger charge is -2.10. The first-order valence-electron chi connectivity index (χ1n) is 9.79. The first-order valence-corrected chi connectivity index (χ1v) is 11.7. The summed E-state index contributed by atoms with van der Waals surface area (Å²) in [4.78, 5) is 31.3. The van der Waals surface area contributed by atoms with E-state index < -0.39 is 11.7 Å². The van der Waals surface area contributed by atoms with Crippen molar-refractivity contribution in [2.75, 3.05) is 12.4 Å². The van der Waals surface area contributed by atoms with Crippen LogP contribution in [0.1, 0.15) is 26.5 Å². The number of aryl methyl sites for hydroxylation is 2. The Labute approximate surface area is 209 Å². The number of nitrogens with zero attached hydrogens (tertiary/aromatic N) is 2. The van der Waals surface area contributed by atoms with Gasteiger partial charge in [0.05, 0.1) is 30.4 Å². The highest BCUT2D eigenvalue weighted by Gasteiger charge is 2.28. The number of fused-ring (bicyclic) bond motifs is 1. The molecule has 2 aromatic carbocycles. The molecule has 2 heterocycles. The molecule has 0 aliphatic heterocycles. The van der Waals surface area contributed by atoms with Crippen LogP contribution in [0.2, 0.25) is 15.2 Å². The van der Waals surface area contributed by atoms with E-state index in [2.05, 4.69) is 10.3 Å². The number of Topliss-reactive ketones (excluding diaryl/α,β-unsaturated/α-hetero) is 1. The van der Waals surface area contributed by atoms with Crippen molar-refractivity contribution in [3.05, 3.63) is 73.3 Å². The average molecular weight is 523 g/mol. The number of hydrogen-bond donors (Lipinski definition) is 1. The number of anilines is 1. The second kappa shape index (κ2) is 9.35. The van der Waals surface area contributed by atoms with E-state index in [1.807, 2.05) is 13.8 Å². The minimum Gasteiger partial charge on any atom is -0.497 e. The summed E-state index contributed by atoms with van der Waals surface area (Å²) in [5.74, 6) is -1.07. The molecule has 170 valence electrons. The molecular weight excluding hydrogens is 505 g/mol. The first kappa shape index (κ1) is 23.6. The summed E-state index contributed by atoms with van der Waals surface area (Å²) in [5.41, 5.74) is 2.29. The Morgan fingerprint density at radius 3 is 2.52 bits per heavy atom. The van der Waals surface area contributed by atoms with E-state index in [0.717, 1.165) is 16.1 Å². The Morgan fingerprint density at radius 1 is 1.12 bits per heavy atom. The van der Waals surface area contributed by atoms with Gasteiger partial charge in [-0.25, -0.2) is 4.98 Å². The summed E-state index contributed by atoms with van der Waals surface area (Å²) in [6.07, 6.45) is 0. The normalized spacial score (nSPS) is 11.1. The molecule has 0 radical (unpaired) electrons. The molecule has 0 unspecified atom stereocenters. The van der Waals surface area contributed by atoms with Gasteiger partial charge in [-0.2, -0.15) is 0 Å². The fraction of sp³-hybridized carbons (Fsp3) is 0.174. The average Bonchev–Trinajstić information content (AvgIpc) is 3.23. The van der Waals surface area contributed by atoms with E-state index in [4.69, 9.17) is 39.5 Å². The molecule has 2 aromatic heterocycles. The predicted molar refractivity (Wildman–Crippen MR) is 134 cm³/mol. The smallest absolute Gasteiger partial charge is 0.298 e. The standard InChI is InChI=1S/C23H18Cl3N3O3S/c1-11-12(2)33-23(27-11)28-22(31)20(30)19-16-9-15(32-3)6-7-18(16)29(21(19)26)10-13-4-5-14(24)8-17(13)25/h4-9H,10H2,1-3H3,(H,27,28,31). The van der Waals surface area contributed by atoms with Crippen LogP contribution in [0.25, 0.3) is 10.9 Å². The van der Waals surface area contributed by atoms with Crippen molar-refractivity contribution in [1.82, 2.24) is 9.55 Å². The number of ketones is 1. The van der Waals surface area contributed by atoms with Gasteiger partial charge < -0.3 is 9.30 Å². The largest absolute Gasteiger partial charge is 0.497 e. The van der Waals surface area contributed by atoms with Crippen LogP contribution in [0, 0.1) is 13.8 Å². The minimum atomic E-state index is -0.822. The number of benzene rings is 2. The van der Waals surface area contributed by atoms with Crippen molar-refractivity contribution in [2.24, 2.45) is 0 Å². The van der Waals surface area contributed by atoms with Gasteiger partial charge in [0.2, 0.25) is 0 Å². The van der Waals surface area contributed by atoms with Gasteiger partial charge in [-0.1, -0.05) is 40.9 Å². The number of carbonyl (C=O) groups excluding carboxylic acids is 2. The molecule has 0 aliphatic rings. The van der Waals surface area contributed by atoms with Gasteiger partial charge in [-0.05, 0) is 49.7 Å². The molecule has 0 fully saturated rings. The number of amides is 1. The maximum Gasteiger partial charge on any atom is 0.298 e. The summed E-state index contributed by atoms with van der Waals surface area (Å²) >= 11 is 20.4. The molecule has 6 nitrogen and oxygen atoms in total. The zero-order valence-corrected chi connectivity index (χ0v) is 20.9. The number of nitrogens with one attached hydrogen (secondary N) is 1. The lowest BCUT2D eigenvalue weighted by Crippen LogP contribution is -2.23. The highest BCUT2D eigenvalue weighted by Crippen LogP contribution is 2.35. The first-order chi connectivity index (χ1) is 15.7. The number of ether oxygens (including phenoxy) is 1. The molecule has 10 heteroatoms. The number of thiazole rings is 1. The third-order valence-electron chi connectivity index (χ3n) is 5.23. The Balaban J connectivity index is 1.78. The number of methoxy groups -OCH3 is 1. The molecular formula is C23H18Cl3N3O3S. The van der Waals surface area contributed by atoms with Crippen LogP contribution in [-0.2, 0) is 11.3 Å². The van der Waals surface area contributed by atoms with E-state index in [1.54, 1.807) is 41.0 Å². The molecule has 0 saturated heterocycles. The van der Waals surface area contributed by atoms with Gasteiger partial charge in [-0.15, -0.1) is 11.3 Å². The van der Waals surface area contributed by atoms with Gasteiger partial charge in [0.15, 0.2) is 5.13 Å². The summed E-state index contributed by atoms with van der Waals surface area (Å²) in [6.45, 7) is 4.00. The van der Waals surface area contributed by atoms with Crippen LogP contribution < -0.4 is 10.1 Å². The second-order valence-electron chi connectivity index (χ2n) is 7.31. The molecule has 0 bridgehead atoms. The number of aromatic nitrogens is 2. The van der Waals surface area contributed by atoms with Crippen LogP contribution in [0.15, 0.2) is 36.4 Å². The number of hydrogen-bond acceptors (Lipinski definition) is 5. The van der Waals surface area contributed by atoms with E-state index in [0.29, 0.717) is 31.8 Å². The van der Waals surface area contributed by atoms with Crippen LogP contribution in [0.4, 0.5) is 5.13 Å². The van der Waals surface area contributed by atoms with Crippen LogP contribution >= 0.6 is 46.1 Å². The van der Waals surface area contributed by atoms with Crippen molar-refractivity contribution in [3.63, 3.8) is 0 Å². The Morgan fingerprint density at radius 2 is 1.88 bits per heavy atom. The monoisotopic (exact) mass is 521 g/mol. The molecule has 4 rings (SSSR count). The summed E-state index contributed by atoms with van der Waals surface area (Å²) in [6, 6.07) is 10.4. The maximum atomic E-state index is 13.2. The number of halogens is 3. The fourth-order valence-electron chi connectivity index (χ4n) is 3.41. The quantitative estimate of drug-likeness (QED) is 0.230. The molecule has 0 spiro atoms. The minimum absolute atomic E-state index is 0.0816. The zero-order valence-electron chi connectivity index (χ0n) is 17.8. The second-order valence-corrected chi connectivity index (χ2v) is 9.72. The molecule has 33 heavy (non-hydrogen) atoms. The van der Waals surface area contributed by atoms with Crippen molar-refractivity contribution in [3.8, 4) is 5.75 Å². The van der Waals surface area contributed by atoms with Crippen molar-refractivity contribution in [2.45, 2.75) is 20.4 Å². The predicted octanol–water partition coefficient (Wildman–Crippen LogP) is 6.55. The topological polar surface area (TPSA) is 73.2 Å². The van der Waals surface area contributed by atoms with E-state index in [-0.39, 0.29) is 17.3 Å². The molecule has 1 N–H and O–H groups in total. The third-order valence-corrected chi connectivity index (χ3v) is 7.20. The number of carbonyl (C=O) groups is 2. The van der Waals surface area contributed by atoms with E-state index in [1.165, 1.54) is 18.4 Å². The molecule has 4 aromatic rings. The Hall–Kier alpha value is -2.58. The summed E-state index contributed by atoms with van der Waals surface area (Å²) in [5, 5.41) is 4.53. The van der Waals surface area contributed by atoms with Gasteiger partial charge in [-0.3, -0.25) is 14.9 Å². The van der Waals surface area contributed by atoms with Crippen LogP contribution in [-0.4, -0.2) is 28.4 Å². The molecule has 0 saturated carbocycles. The highest BCUT2D eigenvalue weighted by molar-refractivity contribution is 7.15. The Kier molecular flexibility index (Phi) is 6.68. The van der Waals surface area contributed by atoms with Gasteiger partial charge in [0, 0.05) is 20.3 Å². The zero-order chi connectivity index (χ0) is 23.9. The molecule has 0 atom stereocenters. The molecule has 1 amide bonds. The Bertz CT molecular complexity index is 1390. The maximum absolute atomic E-state index is 13.2. The van der Waals surface area contributed by atoms with E-state index in [9.17, 15) is 9.59 Å². The van der Waals surface area contributed by atoms with E-state index >= 15 is 0 Å². The van der Waals surface area contributed by atoms with Crippen molar-refractivity contribution < 1.29 is 14.3 Å².